The number of amides is 2. The van der Waals surface area contributed by atoms with Crippen LogP contribution < -0.4 is 10.6 Å². The molecule has 0 radical (unpaired) electrons. The van der Waals surface area contributed by atoms with E-state index in [4.69, 9.17) is 0 Å². The lowest BCUT2D eigenvalue weighted by Gasteiger charge is -2.25. The van der Waals surface area contributed by atoms with E-state index in [0.29, 0.717) is 6.04 Å². The molecular formula is C8H18ClN3O. The molecule has 0 bridgehead atoms. The van der Waals surface area contributed by atoms with Crippen LogP contribution in [-0.2, 0) is 0 Å². The molecule has 0 aliphatic carbocycles. The number of carbonyl (C=O) groups is 1. The van der Waals surface area contributed by atoms with Crippen LogP contribution in [0.4, 0.5) is 4.79 Å². The standard InChI is InChI=1S/C8H17N3O.ClH/c1-11(2)8(12)10-7-4-3-5-9-6-7;/h7,9H,3-6H2,1-2H3,(H,10,12);1H/t7-;/m1./s1. The molecule has 4 nitrogen and oxygen atoms in total. The minimum Gasteiger partial charge on any atom is -0.334 e. The molecule has 1 fully saturated rings. The molecule has 13 heavy (non-hydrogen) atoms. The van der Waals surface area contributed by atoms with E-state index < -0.39 is 0 Å². The quantitative estimate of drug-likeness (QED) is 0.655. The second-order valence-electron chi connectivity index (χ2n) is 3.39. The molecule has 2 N–H and O–H groups in total. The zero-order valence-corrected chi connectivity index (χ0v) is 8.99. The van der Waals surface area contributed by atoms with Crippen LogP contribution >= 0.6 is 12.4 Å². The molecule has 1 aliphatic heterocycles. The molecule has 0 aromatic rings. The van der Waals surface area contributed by atoms with Gasteiger partial charge in [-0.05, 0) is 19.4 Å². The van der Waals surface area contributed by atoms with Crippen LogP contribution in [0.25, 0.3) is 0 Å². The summed E-state index contributed by atoms with van der Waals surface area (Å²) in [4.78, 5) is 12.8. The fourth-order valence-electron chi connectivity index (χ4n) is 1.28. The Morgan fingerprint density at radius 1 is 1.54 bits per heavy atom. The van der Waals surface area contributed by atoms with E-state index in [2.05, 4.69) is 10.6 Å². The lowest BCUT2D eigenvalue weighted by molar-refractivity contribution is 0.210. The largest absolute Gasteiger partial charge is 0.334 e. The lowest BCUT2D eigenvalue weighted by atomic mass is 10.1. The predicted octanol–water partition coefficient (Wildman–Crippen LogP) is 0.431. The van der Waals surface area contributed by atoms with E-state index in [-0.39, 0.29) is 18.4 Å². The molecular weight excluding hydrogens is 190 g/mol. The number of nitrogens with zero attached hydrogens (tertiary/aromatic N) is 1. The summed E-state index contributed by atoms with van der Waals surface area (Å²) in [6.45, 7) is 1.98. The highest BCUT2D eigenvalue weighted by atomic mass is 35.5. The summed E-state index contributed by atoms with van der Waals surface area (Å²) in [5, 5.41) is 6.19. The summed E-state index contributed by atoms with van der Waals surface area (Å²) in [6, 6.07) is 0.317. The monoisotopic (exact) mass is 207 g/mol. The second kappa shape index (κ2) is 6.05. The first-order chi connectivity index (χ1) is 5.70. The van der Waals surface area contributed by atoms with Gasteiger partial charge in [0, 0.05) is 26.7 Å². The van der Waals surface area contributed by atoms with Crippen LogP contribution in [0, 0.1) is 0 Å². The van der Waals surface area contributed by atoms with Crippen LogP contribution in [0.15, 0.2) is 0 Å². The maximum atomic E-state index is 11.2. The molecule has 2 amide bonds. The fourth-order valence-corrected chi connectivity index (χ4v) is 1.28. The van der Waals surface area contributed by atoms with Gasteiger partial charge in [0.05, 0.1) is 0 Å². The molecule has 1 saturated heterocycles. The first-order valence-corrected chi connectivity index (χ1v) is 4.38. The van der Waals surface area contributed by atoms with Gasteiger partial charge in [-0.15, -0.1) is 12.4 Å². The molecule has 0 unspecified atom stereocenters. The molecule has 0 saturated carbocycles. The van der Waals surface area contributed by atoms with Crippen molar-refractivity contribution >= 4 is 18.4 Å². The molecule has 78 valence electrons. The van der Waals surface area contributed by atoms with E-state index >= 15 is 0 Å². The van der Waals surface area contributed by atoms with Crippen LogP contribution in [0.2, 0.25) is 0 Å². The van der Waals surface area contributed by atoms with E-state index in [9.17, 15) is 4.79 Å². The van der Waals surface area contributed by atoms with Crippen molar-refractivity contribution in [1.82, 2.24) is 15.5 Å². The van der Waals surface area contributed by atoms with Crippen molar-refractivity contribution in [2.24, 2.45) is 0 Å². The van der Waals surface area contributed by atoms with Gasteiger partial charge in [0.15, 0.2) is 0 Å². The van der Waals surface area contributed by atoms with Crippen molar-refractivity contribution < 1.29 is 4.79 Å². The minimum absolute atomic E-state index is 0. The Kier molecular flexibility index (Phi) is 5.82. The third-order valence-electron chi connectivity index (χ3n) is 2.03. The van der Waals surface area contributed by atoms with Gasteiger partial charge in [0.25, 0.3) is 0 Å². The Hall–Kier alpha value is -0.480. The van der Waals surface area contributed by atoms with Crippen LogP contribution in [0.5, 0.6) is 0 Å². The number of rotatable bonds is 1. The molecule has 0 aromatic heterocycles. The summed E-state index contributed by atoms with van der Waals surface area (Å²) in [5.74, 6) is 0. The zero-order valence-electron chi connectivity index (χ0n) is 8.17. The van der Waals surface area contributed by atoms with Gasteiger partial charge in [0.1, 0.15) is 0 Å². The molecule has 1 aliphatic rings. The first kappa shape index (κ1) is 12.5. The highest BCUT2D eigenvalue weighted by Gasteiger charge is 2.15. The van der Waals surface area contributed by atoms with Gasteiger partial charge >= 0.3 is 6.03 Å². The molecule has 0 aromatic carbocycles. The fraction of sp³-hybridized carbons (Fsp3) is 0.875. The topological polar surface area (TPSA) is 44.4 Å². The number of piperidine rings is 1. The van der Waals surface area contributed by atoms with Crippen LogP contribution in [0.1, 0.15) is 12.8 Å². The Bertz CT molecular complexity index is 157. The summed E-state index contributed by atoms with van der Waals surface area (Å²) in [5.41, 5.74) is 0. The third-order valence-corrected chi connectivity index (χ3v) is 2.03. The molecule has 1 atom stereocenters. The van der Waals surface area contributed by atoms with E-state index in [1.54, 1.807) is 19.0 Å². The smallest absolute Gasteiger partial charge is 0.317 e. The van der Waals surface area contributed by atoms with Crippen molar-refractivity contribution in [3.05, 3.63) is 0 Å². The highest BCUT2D eigenvalue weighted by Crippen LogP contribution is 2.01. The average Bonchev–Trinajstić information content (AvgIpc) is 2.06. The summed E-state index contributed by atoms with van der Waals surface area (Å²) < 4.78 is 0. The average molecular weight is 208 g/mol. The first-order valence-electron chi connectivity index (χ1n) is 4.38. The number of carbonyl (C=O) groups excluding carboxylic acids is 1. The minimum atomic E-state index is 0. The number of hydrogen-bond acceptors (Lipinski definition) is 2. The van der Waals surface area contributed by atoms with Gasteiger partial charge in [-0.3, -0.25) is 0 Å². The van der Waals surface area contributed by atoms with E-state index in [1.807, 2.05) is 0 Å². The van der Waals surface area contributed by atoms with Gasteiger partial charge in [-0.1, -0.05) is 0 Å². The Labute approximate surface area is 85.5 Å². The number of hydrogen-bond donors (Lipinski definition) is 2. The van der Waals surface area contributed by atoms with Crippen molar-refractivity contribution in [1.29, 1.82) is 0 Å². The number of halogens is 1. The third kappa shape index (κ3) is 4.33. The normalized spacial score (nSPS) is 21.5. The Morgan fingerprint density at radius 3 is 2.69 bits per heavy atom. The van der Waals surface area contributed by atoms with Crippen LogP contribution in [0.3, 0.4) is 0 Å². The van der Waals surface area contributed by atoms with Gasteiger partial charge in [0.2, 0.25) is 0 Å². The molecule has 1 rings (SSSR count). The molecule has 0 spiro atoms. The maximum Gasteiger partial charge on any atom is 0.317 e. The summed E-state index contributed by atoms with van der Waals surface area (Å²) in [7, 11) is 3.51. The van der Waals surface area contributed by atoms with Gasteiger partial charge in [-0.2, -0.15) is 0 Å². The van der Waals surface area contributed by atoms with Crippen molar-refractivity contribution in [2.75, 3.05) is 27.2 Å². The summed E-state index contributed by atoms with van der Waals surface area (Å²) >= 11 is 0. The summed E-state index contributed by atoms with van der Waals surface area (Å²) in [6.07, 6.45) is 2.24. The highest BCUT2D eigenvalue weighted by molar-refractivity contribution is 5.85. The Morgan fingerprint density at radius 2 is 2.23 bits per heavy atom. The SMILES string of the molecule is CN(C)C(=O)N[C@@H]1CCCNC1.Cl. The van der Waals surface area contributed by atoms with Crippen LogP contribution in [-0.4, -0.2) is 44.2 Å². The molecule has 1 heterocycles. The van der Waals surface area contributed by atoms with Crippen molar-refractivity contribution in [2.45, 2.75) is 18.9 Å². The van der Waals surface area contributed by atoms with Crippen molar-refractivity contribution in [3.63, 3.8) is 0 Å². The lowest BCUT2D eigenvalue weighted by Crippen LogP contribution is -2.48. The predicted molar refractivity (Wildman–Crippen MR) is 55.4 cm³/mol. The van der Waals surface area contributed by atoms with E-state index in [1.165, 1.54) is 0 Å². The number of urea groups is 1. The maximum absolute atomic E-state index is 11.2. The molecule has 5 heteroatoms. The zero-order chi connectivity index (χ0) is 8.97. The van der Waals surface area contributed by atoms with Gasteiger partial charge in [-0.25, -0.2) is 4.79 Å². The second-order valence-corrected chi connectivity index (χ2v) is 3.39. The number of nitrogens with one attached hydrogen (secondary N) is 2. The van der Waals surface area contributed by atoms with Gasteiger partial charge < -0.3 is 15.5 Å². The Balaban J connectivity index is 0.00000144. The van der Waals surface area contributed by atoms with Crippen molar-refractivity contribution in [3.8, 4) is 0 Å². The van der Waals surface area contributed by atoms with E-state index in [0.717, 1.165) is 25.9 Å².